The van der Waals surface area contributed by atoms with Gasteiger partial charge in [0.2, 0.25) is 0 Å². The second kappa shape index (κ2) is 11.0. The van der Waals surface area contributed by atoms with Gasteiger partial charge < -0.3 is 0 Å². The second-order valence-electron chi connectivity index (χ2n) is 3.23. The highest BCUT2D eigenvalue weighted by atomic mass is 28.1. The van der Waals surface area contributed by atoms with Crippen molar-refractivity contribution < 1.29 is 0 Å². The molecule has 0 N–H and O–H groups in total. The van der Waals surface area contributed by atoms with E-state index < -0.39 is 0 Å². The predicted octanol–water partition coefficient (Wildman–Crippen LogP) is 3.88. The minimum Gasteiger partial charge on any atom is -0.0919 e. The van der Waals surface area contributed by atoms with Crippen LogP contribution >= 0.6 is 0 Å². The third-order valence-corrected chi connectivity index (χ3v) is 2.24. The number of allylic oxidation sites excluding steroid dienone is 2. The van der Waals surface area contributed by atoms with Gasteiger partial charge in [-0.2, -0.15) is 0 Å². The minimum atomic E-state index is 0.996. The first-order valence-electron chi connectivity index (χ1n) is 5.21. The fourth-order valence-electron chi connectivity index (χ4n) is 1.24. The summed E-state index contributed by atoms with van der Waals surface area (Å²) in [7, 11) is 3.41. The molecular weight excluding hydrogens is 160 g/mol. The van der Waals surface area contributed by atoms with Crippen LogP contribution < -0.4 is 0 Å². The van der Waals surface area contributed by atoms with Crippen molar-refractivity contribution in [3.8, 4) is 0 Å². The van der Waals surface area contributed by atoms with Gasteiger partial charge in [-0.05, 0) is 18.9 Å². The van der Waals surface area contributed by atoms with Crippen molar-refractivity contribution in [2.45, 2.75) is 57.9 Å². The Balaban J connectivity index is 2.86. The molecule has 0 nitrogen and oxygen atoms in total. The van der Waals surface area contributed by atoms with Gasteiger partial charge in [-0.15, -0.1) is 0 Å². The van der Waals surface area contributed by atoms with Crippen LogP contribution in [-0.4, -0.2) is 10.2 Å². The molecule has 0 saturated carbocycles. The summed E-state index contributed by atoms with van der Waals surface area (Å²) in [6.45, 7) is 2.26. The maximum Gasteiger partial charge on any atom is 0.0275 e. The molecule has 0 atom stereocenters. The van der Waals surface area contributed by atoms with E-state index in [0.29, 0.717) is 0 Å². The molecule has 3 radical (unpaired) electrons. The van der Waals surface area contributed by atoms with Crippen LogP contribution in [0.4, 0.5) is 0 Å². The Morgan fingerprint density at radius 2 is 1.58 bits per heavy atom. The Labute approximate surface area is 80.9 Å². The monoisotopic (exact) mass is 181 g/mol. The third kappa shape index (κ3) is 9.96. The van der Waals surface area contributed by atoms with Gasteiger partial charge in [0.15, 0.2) is 0 Å². The van der Waals surface area contributed by atoms with Gasteiger partial charge in [-0.25, -0.2) is 0 Å². The molecule has 69 valence electrons. The molecule has 0 aromatic heterocycles. The average Bonchev–Trinajstić information content (AvgIpc) is 2.10. The van der Waals surface area contributed by atoms with E-state index in [1.807, 2.05) is 0 Å². The molecule has 0 unspecified atom stereocenters. The molecule has 1 heteroatoms. The number of unbranched alkanes of at least 4 members (excludes halogenated alkanes) is 6. The van der Waals surface area contributed by atoms with Crippen LogP contribution in [0.25, 0.3) is 0 Å². The Kier molecular flexibility index (Phi) is 10.9. The Hall–Kier alpha value is -0.0431. The average molecular weight is 181 g/mol. The van der Waals surface area contributed by atoms with Crippen molar-refractivity contribution >= 4 is 10.2 Å². The molecule has 0 aliphatic carbocycles. The minimum absolute atomic E-state index is 0.996. The smallest absolute Gasteiger partial charge is 0.0275 e. The summed E-state index contributed by atoms with van der Waals surface area (Å²) < 4.78 is 0. The van der Waals surface area contributed by atoms with E-state index in [4.69, 9.17) is 0 Å². The second-order valence-corrected chi connectivity index (χ2v) is 3.64. The molecule has 0 aromatic rings. The van der Waals surface area contributed by atoms with Crippen LogP contribution in [0.2, 0.25) is 6.04 Å². The van der Waals surface area contributed by atoms with Crippen molar-refractivity contribution in [2.75, 3.05) is 0 Å². The third-order valence-electron chi connectivity index (χ3n) is 2.01. The fourth-order valence-corrected chi connectivity index (χ4v) is 1.41. The first-order chi connectivity index (χ1) is 5.91. The molecule has 0 aliphatic heterocycles. The highest BCUT2D eigenvalue weighted by Gasteiger charge is 1.87. The molecule has 0 bridgehead atoms. The Bertz CT molecular complexity index is 97.2. The molecule has 0 aromatic carbocycles. The zero-order chi connectivity index (χ0) is 9.07. The maximum absolute atomic E-state index is 3.41. The highest BCUT2D eigenvalue weighted by Crippen LogP contribution is 2.06. The molecule has 0 fully saturated rings. The van der Waals surface area contributed by atoms with E-state index >= 15 is 0 Å². The van der Waals surface area contributed by atoms with Gasteiger partial charge in [0.25, 0.3) is 0 Å². The van der Waals surface area contributed by atoms with Gasteiger partial charge in [0, 0.05) is 10.2 Å². The van der Waals surface area contributed by atoms with Crippen LogP contribution in [-0.2, 0) is 0 Å². The SMILES string of the molecule is CCCCCCCCC=CC[Si]. The van der Waals surface area contributed by atoms with Crippen molar-refractivity contribution in [1.82, 2.24) is 0 Å². The summed E-state index contributed by atoms with van der Waals surface area (Å²) in [5.41, 5.74) is 0. The predicted molar refractivity (Wildman–Crippen MR) is 57.7 cm³/mol. The zero-order valence-electron chi connectivity index (χ0n) is 8.31. The first-order valence-corrected chi connectivity index (χ1v) is 5.92. The van der Waals surface area contributed by atoms with Crippen LogP contribution in [0.3, 0.4) is 0 Å². The molecular formula is C11H21Si. The summed E-state index contributed by atoms with van der Waals surface area (Å²) in [6, 6.07) is 0.996. The Morgan fingerprint density at radius 3 is 2.25 bits per heavy atom. The summed E-state index contributed by atoms with van der Waals surface area (Å²) in [6.07, 6.45) is 14.1. The van der Waals surface area contributed by atoms with E-state index in [0.717, 1.165) is 6.04 Å². The van der Waals surface area contributed by atoms with Gasteiger partial charge in [0.05, 0.1) is 0 Å². The van der Waals surface area contributed by atoms with Gasteiger partial charge in [-0.1, -0.05) is 51.2 Å². The van der Waals surface area contributed by atoms with Gasteiger partial charge in [-0.3, -0.25) is 0 Å². The molecule has 0 amide bonds. The molecule has 0 aliphatic rings. The lowest BCUT2D eigenvalue weighted by atomic mass is 10.1. The standard InChI is InChI=1S/C11H21Si/c1-2-3-4-5-6-7-8-9-10-11-12/h9-10H,2-8,11H2,1H3. The fraction of sp³-hybridized carbons (Fsp3) is 0.818. The van der Waals surface area contributed by atoms with Gasteiger partial charge >= 0.3 is 0 Å². The van der Waals surface area contributed by atoms with E-state index in [9.17, 15) is 0 Å². The van der Waals surface area contributed by atoms with Crippen molar-refractivity contribution in [2.24, 2.45) is 0 Å². The van der Waals surface area contributed by atoms with Gasteiger partial charge in [0.1, 0.15) is 0 Å². The lowest BCUT2D eigenvalue weighted by molar-refractivity contribution is 0.611. The largest absolute Gasteiger partial charge is 0.0919 e. The molecule has 12 heavy (non-hydrogen) atoms. The summed E-state index contributed by atoms with van der Waals surface area (Å²) in [5, 5.41) is 0. The quantitative estimate of drug-likeness (QED) is 0.303. The van der Waals surface area contributed by atoms with Crippen LogP contribution in [0.1, 0.15) is 51.9 Å². The topological polar surface area (TPSA) is 0 Å². The van der Waals surface area contributed by atoms with Crippen molar-refractivity contribution in [1.29, 1.82) is 0 Å². The van der Waals surface area contributed by atoms with Crippen molar-refractivity contribution in [3.63, 3.8) is 0 Å². The lowest BCUT2D eigenvalue weighted by Gasteiger charge is -1.97. The van der Waals surface area contributed by atoms with Crippen LogP contribution in [0, 0.1) is 0 Å². The van der Waals surface area contributed by atoms with E-state index in [2.05, 4.69) is 29.3 Å². The molecule has 0 heterocycles. The van der Waals surface area contributed by atoms with E-state index in [1.54, 1.807) is 0 Å². The highest BCUT2D eigenvalue weighted by molar-refractivity contribution is 6.09. The molecule has 0 spiro atoms. The molecule has 0 rings (SSSR count). The number of hydrogen-bond acceptors (Lipinski definition) is 0. The number of hydrogen-bond donors (Lipinski definition) is 0. The molecule has 0 saturated heterocycles. The first kappa shape index (κ1) is 12.0. The normalized spacial score (nSPS) is 11.2. The van der Waals surface area contributed by atoms with E-state index in [1.165, 1.54) is 44.9 Å². The Morgan fingerprint density at radius 1 is 0.917 bits per heavy atom. The summed E-state index contributed by atoms with van der Waals surface area (Å²) in [5.74, 6) is 0. The van der Waals surface area contributed by atoms with Crippen molar-refractivity contribution in [3.05, 3.63) is 12.2 Å². The maximum atomic E-state index is 3.41. The summed E-state index contributed by atoms with van der Waals surface area (Å²) in [4.78, 5) is 0. The zero-order valence-corrected chi connectivity index (χ0v) is 9.31. The van der Waals surface area contributed by atoms with Crippen LogP contribution in [0.5, 0.6) is 0 Å². The van der Waals surface area contributed by atoms with Crippen LogP contribution in [0.15, 0.2) is 12.2 Å². The lowest BCUT2D eigenvalue weighted by Crippen LogP contribution is -1.77. The summed E-state index contributed by atoms with van der Waals surface area (Å²) >= 11 is 0. The van der Waals surface area contributed by atoms with E-state index in [-0.39, 0.29) is 0 Å². The number of rotatable bonds is 8.